The van der Waals surface area contributed by atoms with Crippen LogP contribution >= 0.6 is 11.8 Å². The monoisotopic (exact) mass is 665 g/mol. The van der Waals surface area contributed by atoms with Crippen LogP contribution in [-0.4, -0.2) is 44.0 Å². The molecule has 0 saturated carbocycles. The molecule has 0 unspecified atom stereocenters. The fourth-order valence-electron chi connectivity index (χ4n) is 5.26. The van der Waals surface area contributed by atoms with E-state index in [0.29, 0.717) is 31.0 Å². The Kier molecular flexibility index (Phi) is 11.1. The summed E-state index contributed by atoms with van der Waals surface area (Å²) in [6.45, 7) is 6.80. The molecule has 3 aromatic carbocycles. The minimum atomic E-state index is -4.33. The van der Waals surface area contributed by atoms with Crippen LogP contribution in [0.5, 0.6) is 0 Å². The van der Waals surface area contributed by atoms with Gasteiger partial charge in [0.2, 0.25) is 5.58 Å². The van der Waals surface area contributed by atoms with Crippen molar-refractivity contribution in [1.82, 2.24) is 0 Å². The number of hydrogen-bond donors (Lipinski definition) is 1. The molecule has 0 radical (unpaired) electrons. The zero-order valence-corrected chi connectivity index (χ0v) is 29.7. The number of thioether (sulfide) groups is 1. The van der Waals surface area contributed by atoms with Gasteiger partial charge in [0.1, 0.15) is 0 Å². The Balaban J connectivity index is 0.00000442. The van der Waals surface area contributed by atoms with E-state index in [1.165, 1.54) is 0 Å². The van der Waals surface area contributed by atoms with Gasteiger partial charge in [-0.3, -0.25) is 4.55 Å². The van der Waals surface area contributed by atoms with E-state index in [9.17, 15) is 25.9 Å². The third-order valence-electron chi connectivity index (χ3n) is 7.55. The average Bonchev–Trinajstić information content (AvgIpc) is 3.44. The second kappa shape index (κ2) is 14.1. The average molecular weight is 666 g/mol. The molecule has 5 rings (SSSR count). The first kappa shape index (κ1) is 34.7. The number of aryl methyl sites for hydroxylation is 3. The number of rotatable bonds is 11. The molecule has 0 fully saturated rings. The van der Waals surface area contributed by atoms with Crippen LogP contribution in [0.15, 0.2) is 74.5 Å². The van der Waals surface area contributed by atoms with Crippen molar-refractivity contribution in [2.45, 2.75) is 51.5 Å². The molecule has 13 heteroatoms. The van der Waals surface area contributed by atoms with Gasteiger partial charge in [0.05, 0.1) is 38.0 Å². The van der Waals surface area contributed by atoms with Gasteiger partial charge >= 0.3 is 35.4 Å². The molecule has 0 aliphatic carbocycles. The fourth-order valence-corrected chi connectivity index (χ4v) is 7.48. The first-order valence-electron chi connectivity index (χ1n) is 14.0. The van der Waals surface area contributed by atoms with E-state index in [2.05, 4.69) is 30.0 Å². The minimum Gasteiger partial charge on any atom is -0.748 e. The second-order valence-electron chi connectivity index (χ2n) is 10.7. The summed E-state index contributed by atoms with van der Waals surface area (Å²) in [7, 11) is -8.45. The molecule has 1 aliphatic rings. The van der Waals surface area contributed by atoms with Crippen LogP contribution in [0, 0.1) is 13.8 Å². The number of allylic oxidation sites excluding steroid dienone is 2. The van der Waals surface area contributed by atoms with E-state index in [-0.39, 0.29) is 48.2 Å². The Morgan fingerprint density at radius 3 is 2.48 bits per heavy atom. The molecule has 0 saturated heterocycles. The predicted molar refractivity (Wildman–Crippen MR) is 170 cm³/mol. The molecule has 0 spiro atoms. The van der Waals surface area contributed by atoms with Gasteiger partial charge in [-0.25, -0.2) is 8.42 Å². The molecule has 228 valence electrons. The van der Waals surface area contributed by atoms with E-state index in [0.717, 1.165) is 48.6 Å². The summed E-state index contributed by atoms with van der Waals surface area (Å²) in [5.41, 5.74) is 5.70. The van der Waals surface area contributed by atoms with Gasteiger partial charge in [0.25, 0.3) is 15.6 Å². The number of aromatic nitrogens is 1. The van der Waals surface area contributed by atoms with Crippen molar-refractivity contribution in [3.63, 3.8) is 0 Å². The summed E-state index contributed by atoms with van der Waals surface area (Å²) < 4.78 is 74.5. The van der Waals surface area contributed by atoms with E-state index < -0.39 is 26.0 Å². The Labute approximate surface area is 284 Å². The van der Waals surface area contributed by atoms with Crippen molar-refractivity contribution in [2.75, 3.05) is 23.0 Å². The zero-order valence-electron chi connectivity index (χ0n) is 25.2. The predicted octanol–water partition coefficient (Wildman–Crippen LogP) is 2.95. The second-order valence-corrected chi connectivity index (χ2v) is 14.9. The SMILES string of the molecule is CCC(=Cc1oc2ccc3ccccc3c2[n+]1CCCS(=O)(=O)O)C=C1Sc2cc(C)c(C)cc2N1CCCS(=O)(=O)[O-].[Na+]. The van der Waals surface area contributed by atoms with Crippen molar-refractivity contribution in [3.05, 3.63) is 82.2 Å². The summed E-state index contributed by atoms with van der Waals surface area (Å²) in [6, 6.07) is 16.0. The zero-order chi connectivity index (χ0) is 30.9. The van der Waals surface area contributed by atoms with E-state index in [4.69, 9.17) is 4.42 Å². The van der Waals surface area contributed by atoms with Crippen LogP contribution in [-0.2, 0) is 26.8 Å². The smallest absolute Gasteiger partial charge is 0.748 e. The summed E-state index contributed by atoms with van der Waals surface area (Å²) in [5, 5.41) is 2.91. The Morgan fingerprint density at radius 2 is 1.77 bits per heavy atom. The van der Waals surface area contributed by atoms with Crippen LogP contribution < -0.4 is 39.0 Å². The van der Waals surface area contributed by atoms with Crippen LogP contribution in [0.2, 0.25) is 0 Å². The largest absolute Gasteiger partial charge is 1.00 e. The first-order valence-corrected chi connectivity index (χ1v) is 18.0. The van der Waals surface area contributed by atoms with Gasteiger partial charge in [0.15, 0.2) is 6.54 Å². The molecule has 1 aliphatic heterocycles. The van der Waals surface area contributed by atoms with E-state index >= 15 is 0 Å². The quantitative estimate of drug-likeness (QED) is 0.146. The Hall–Kier alpha value is -2.16. The summed E-state index contributed by atoms with van der Waals surface area (Å²) in [4.78, 5) is 3.12. The molecule has 0 bridgehead atoms. The third-order valence-corrected chi connectivity index (χ3v) is 10.2. The molecule has 4 aromatic rings. The van der Waals surface area contributed by atoms with Crippen LogP contribution in [0.25, 0.3) is 27.9 Å². The van der Waals surface area contributed by atoms with Crippen LogP contribution in [0.4, 0.5) is 5.69 Å². The third kappa shape index (κ3) is 8.16. The van der Waals surface area contributed by atoms with Crippen LogP contribution in [0.3, 0.4) is 0 Å². The van der Waals surface area contributed by atoms with Crippen molar-refractivity contribution in [2.24, 2.45) is 0 Å². The molecule has 2 heterocycles. The van der Waals surface area contributed by atoms with Gasteiger partial charge in [0, 0.05) is 23.6 Å². The fraction of sp³-hybridized carbons (Fsp3) is 0.323. The number of nitrogens with zero attached hydrogens (tertiary/aromatic N) is 2. The summed E-state index contributed by atoms with van der Waals surface area (Å²) in [5.74, 6) is -0.256. The number of oxazole rings is 1. The normalized spacial score (nSPS) is 14.9. The number of benzene rings is 3. The van der Waals surface area contributed by atoms with Crippen molar-refractivity contribution < 1.29 is 64.5 Å². The van der Waals surface area contributed by atoms with E-state index in [1.54, 1.807) is 11.8 Å². The molecule has 1 aromatic heterocycles. The van der Waals surface area contributed by atoms with Gasteiger partial charge in [-0.05, 0) is 79.1 Å². The number of anilines is 1. The molecule has 1 N–H and O–H groups in total. The van der Waals surface area contributed by atoms with Gasteiger partial charge < -0.3 is 13.9 Å². The summed E-state index contributed by atoms with van der Waals surface area (Å²) >= 11 is 1.59. The molecule has 0 amide bonds. The minimum absolute atomic E-state index is 0. The summed E-state index contributed by atoms with van der Waals surface area (Å²) in [6.07, 6.45) is 5.05. The molecule has 0 atom stereocenters. The topological polar surface area (TPSA) is 132 Å². The van der Waals surface area contributed by atoms with Crippen molar-refractivity contribution in [3.8, 4) is 0 Å². The number of hydrogen-bond acceptors (Lipinski definition) is 8. The van der Waals surface area contributed by atoms with E-state index in [1.807, 2.05) is 60.9 Å². The first-order chi connectivity index (χ1) is 20.3. The molecular weight excluding hydrogens is 632 g/mol. The van der Waals surface area contributed by atoms with Gasteiger partial charge in [-0.1, -0.05) is 43.0 Å². The van der Waals surface area contributed by atoms with Crippen LogP contribution in [0.1, 0.15) is 43.2 Å². The Bertz CT molecular complexity index is 1980. The molecule has 9 nitrogen and oxygen atoms in total. The number of fused-ring (bicyclic) bond motifs is 4. The maximum absolute atomic E-state index is 11.5. The van der Waals surface area contributed by atoms with Gasteiger partial charge in [-0.2, -0.15) is 13.0 Å². The Morgan fingerprint density at radius 1 is 1.05 bits per heavy atom. The van der Waals surface area contributed by atoms with Gasteiger partial charge in [-0.15, -0.1) is 0 Å². The molecule has 44 heavy (non-hydrogen) atoms. The maximum atomic E-state index is 11.5. The molecular formula is C31H34N2NaO7S3+. The standard InChI is InChI=1S/C31H34N2O7S3.Na/c1-4-23(20-30-32(13-7-15-42(34,35)36)26-17-21(2)22(3)18-28(26)41-30)19-29-33(14-8-16-43(37,38)39)31-25-10-6-5-9-24(25)11-12-27(31)40-29;/h5-6,9-12,17-20H,4,7-8,13-16H2,1-3H3,(H-,34,35,36,37,38,39);/q;+1. The maximum Gasteiger partial charge on any atom is 1.00 e. The van der Waals surface area contributed by atoms with Crippen molar-refractivity contribution in [1.29, 1.82) is 0 Å². The van der Waals surface area contributed by atoms with Crippen molar-refractivity contribution >= 4 is 65.6 Å².